The highest BCUT2D eigenvalue weighted by atomic mass is 16.5. The molecule has 1 aromatic carbocycles. The van der Waals surface area contributed by atoms with Gasteiger partial charge >= 0.3 is 5.97 Å². The van der Waals surface area contributed by atoms with Crippen LogP contribution in [0.1, 0.15) is 31.2 Å². The minimum atomic E-state index is -0.251. The zero-order chi connectivity index (χ0) is 16.1. The molecular formula is C19H25NO3. The van der Waals surface area contributed by atoms with E-state index in [4.69, 9.17) is 9.47 Å². The van der Waals surface area contributed by atoms with Crippen LogP contribution in [0.2, 0.25) is 0 Å². The van der Waals surface area contributed by atoms with Gasteiger partial charge in [0, 0.05) is 25.7 Å². The highest BCUT2D eigenvalue weighted by Gasteiger charge is 2.38. The van der Waals surface area contributed by atoms with Crippen LogP contribution in [0.5, 0.6) is 0 Å². The highest BCUT2D eigenvalue weighted by molar-refractivity contribution is 5.82. The fourth-order valence-corrected chi connectivity index (χ4v) is 3.58. The van der Waals surface area contributed by atoms with Gasteiger partial charge in [0.05, 0.1) is 19.3 Å². The van der Waals surface area contributed by atoms with Gasteiger partial charge in [0.2, 0.25) is 0 Å². The topological polar surface area (TPSA) is 38.8 Å². The summed E-state index contributed by atoms with van der Waals surface area (Å²) < 4.78 is 10.9. The Labute approximate surface area is 138 Å². The zero-order valence-electron chi connectivity index (χ0n) is 13.8. The van der Waals surface area contributed by atoms with Gasteiger partial charge in [-0.15, -0.1) is 0 Å². The van der Waals surface area contributed by atoms with Gasteiger partial charge < -0.3 is 9.47 Å². The Morgan fingerprint density at radius 2 is 2.04 bits per heavy atom. The highest BCUT2D eigenvalue weighted by Crippen LogP contribution is 2.37. The molecule has 0 unspecified atom stereocenters. The summed E-state index contributed by atoms with van der Waals surface area (Å²) in [5, 5.41) is 0. The van der Waals surface area contributed by atoms with Gasteiger partial charge in [-0.3, -0.25) is 4.90 Å². The number of likely N-dealkylation sites (tertiary alicyclic amines) is 1. The molecule has 0 amide bonds. The maximum atomic E-state index is 11.5. The van der Waals surface area contributed by atoms with Crippen LogP contribution in [0.25, 0.3) is 0 Å². The standard InChI is InChI=1S/C19H25NO3/c1-22-18(21)13-17-7-12-23-19(14-17)8-10-20(11-9-19)15-16-5-3-2-4-6-16/h2-6,13H,7-12,14-15H2,1H3/b17-13-. The molecule has 0 aromatic heterocycles. The van der Waals surface area contributed by atoms with E-state index in [1.54, 1.807) is 6.08 Å². The van der Waals surface area contributed by atoms with Crippen molar-refractivity contribution in [1.29, 1.82) is 0 Å². The number of ether oxygens (including phenoxy) is 2. The third-order valence-corrected chi connectivity index (χ3v) is 4.92. The number of carbonyl (C=O) groups is 1. The first-order valence-corrected chi connectivity index (χ1v) is 8.37. The summed E-state index contributed by atoms with van der Waals surface area (Å²) in [5.74, 6) is -0.251. The van der Waals surface area contributed by atoms with Crippen molar-refractivity contribution in [1.82, 2.24) is 4.90 Å². The van der Waals surface area contributed by atoms with Gasteiger partial charge in [-0.25, -0.2) is 4.79 Å². The van der Waals surface area contributed by atoms with E-state index in [0.717, 1.165) is 45.3 Å². The molecule has 124 valence electrons. The lowest BCUT2D eigenvalue weighted by molar-refractivity contribution is -0.135. The third-order valence-electron chi connectivity index (χ3n) is 4.92. The molecule has 1 spiro atoms. The Morgan fingerprint density at radius 3 is 2.74 bits per heavy atom. The van der Waals surface area contributed by atoms with Gasteiger partial charge in [0.1, 0.15) is 0 Å². The van der Waals surface area contributed by atoms with E-state index < -0.39 is 0 Å². The summed E-state index contributed by atoms with van der Waals surface area (Å²) in [5.41, 5.74) is 2.45. The van der Waals surface area contributed by atoms with Crippen molar-refractivity contribution in [3.8, 4) is 0 Å². The predicted molar refractivity (Wildman–Crippen MR) is 89.0 cm³/mol. The lowest BCUT2D eigenvalue weighted by Gasteiger charge is -2.44. The average molecular weight is 315 g/mol. The van der Waals surface area contributed by atoms with Gasteiger partial charge in [-0.2, -0.15) is 0 Å². The van der Waals surface area contributed by atoms with E-state index in [1.165, 1.54) is 18.2 Å². The molecule has 0 bridgehead atoms. The summed E-state index contributed by atoms with van der Waals surface area (Å²) in [6, 6.07) is 10.6. The summed E-state index contributed by atoms with van der Waals surface area (Å²) in [6.07, 6.45) is 5.41. The quantitative estimate of drug-likeness (QED) is 0.635. The van der Waals surface area contributed by atoms with Crippen molar-refractivity contribution in [3.63, 3.8) is 0 Å². The normalized spacial score (nSPS) is 23.1. The molecule has 3 rings (SSSR count). The Bertz CT molecular complexity index is 559. The molecule has 2 heterocycles. The zero-order valence-corrected chi connectivity index (χ0v) is 13.8. The van der Waals surface area contributed by atoms with Crippen molar-refractivity contribution in [3.05, 3.63) is 47.5 Å². The predicted octanol–water partition coefficient (Wildman–Crippen LogP) is 2.93. The van der Waals surface area contributed by atoms with E-state index in [-0.39, 0.29) is 11.6 Å². The monoisotopic (exact) mass is 315 g/mol. The van der Waals surface area contributed by atoms with E-state index in [2.05, 4.69) is 35.2 Å². The second kappa shape index (κ2) is 7.28. The molecule has 2 aliphatic rings. The minimum Gasteiger partial charge on any atom is -0.466 e. The number of carbonyl (C=O) groups excluding carboxylic acids is 1. The molecule has 0 aliphatic carbocycles. The fourth-order valence-electron chi connectivity index (χ4n) is 3.58. The number of esters is 1. The fraction of sp³-hybridized carbons (Fsp3) is 0.526. The van der Waals surface area contributed by atoms with Crippen LogP contribution in [0.4, 0.5) is 0 Å². The number of benzene rings is 1. The number of hydrogen-bond acceptors (Lipinski definition) is 4. The molecule has 0 atom stereocenters. The van der Waals surface area contributed by atoms with Crippen molar-refractivity contribution in [2.75, 3.05) is 26.8 Å². The Hall–Kier alpha value is -1.65. The molecule has 2 saturated heterocycles. The number of hydrogen-bond donors (Lipinski definition) is 0. The number of methoxy groups -OCH3 is 1. The first-order chi connectivity index (χ1) is 11.2. The number of piperidine rings is 1. The molecule has 2 aliphatic heterocycles. The van der Waals surface area contributed by atoms with Gasteiger partial charge in [-0.1, -0.05) is 35.9 Å². The van der Waals surface area contributed by atoms with Crippen molar-refractivity contribution in [2.45, 2.75) is 37.8 Å². The largest absolute Gasteiger partial charge is 0.466 e. The molecule has 0 radical (unpaired) electrons. The summed E-state index contributed by atoms with van der Waals surface area (Å²) in [7, 11) is 1.43. The first-order valence-electron chi connectivity index (χ1n) is 8.37. The second-order valence-corrected chi connectivity index (χ2v) is 6.55. The second-order valence-electron chi connectivity index (χ2n) is 6.55. The molecule has 0 saturated carbocycles. The van der Waals surface area contributed by atoms with Gasteiger partial charge in [-0.05, 0) is 31.2 Å². The molecule has 0 N–H and O–H groups in total. The van der Waals surface area contributed by atoms with Crippen LogP contribution in [-0.4, -0.2) is 43.3 Å². The van der Waals surface area contributed by atoms with Gasteiger partial charge in [0.25, 0.3) is 0 Å². The number of rotatable bonds is 3. The summed E-state index contributed by atoms with van der Waals surface area (Å²) in [4.78, 5) is 13.9. The SMILES string of the molecule is COC(=O)/C=C1/CCOC2(CCN(Cc3ccccc3)CC2)C1. The van der Waals surface area contributed by atoms with Crippen LogP contribution in [0, 0.1) is 0 Å². The maximum absolute atomic E-state index is 11.5. The lowest BCUT2D eigenvalue weighted by atomic mass is 9.82. The summed E-state index contributed by atoms with van der Waals surface area (Å²) >= 11 is 0. The van der Waals surface area contributed by atoms with Crippen LogP contribution < -0.4 is 0 Å². The van der Waals surface area contributed by atoms with E-state index in [1.807, 2.05) is 0 Å². The van der Waals surface area contributed by atoms with Crippen LogP contribution in [0.3, 0.4) is 0 Å². The number of nitrogens with zero attached hydrogens (tertiary/aromatic N) is 1. The van der Waals surface area contributed by atoms with Gasteiger partial charge in [0.15, 0.2) is 0 Å². The van der Waals surface area contributed by atoms with Crippen LogP contribution in [-0.2, 0) is 20.8 Å². The first kappa shape index (κ1) is 16.2. The maximum Gasteiger partial charge on any atom is 0.330 e. The summed E-state index contributed by atoms with van der Waals surface area (Å²) in [6.45, 7) is 3.80. The van der Waals surface area contributed by atoms with Crippen LogP contribution >= 0.6 is 0 Å². The van der Waals surface area contributed by atoms with Crippen molar-refractivity contribution < 1.29 is 14.3 Å². The molecule has 23 heavy (non-hydrogen) atoms. The smallest absolute Gasteiger partial charge is 0.330 e. The van der Waals surface area contributed by atoms with E-state index in [9.17, 15) is 4.79 Å². The van der Waals surface area contributed by atoms with E-state index in [0.29, 0.717) is 6.61 Å². The average Bonchev–Trinajstić information content (AvgIpc) is 2.58. The van der Waals surface area contributed by atoms with Crippen molar-refractivity contribution >= 4 is 5.97 Å². The third kappa shape index (κ3) is 4.21. The molecule has 4 nitrogen and oxygen atoms in total. The Balaban J connectivity index is 1.57. The Morgan fingerprint density at radius 1 is 1.30 bits per heavy atom. The molecule has 4 heteroatoms. The van der Waals surface area contributed by atoms with Crippen LogP contribution in [0.15, 0.2) is 42.0 Å². The lowest BCUT2D eigenvalue weighted by Crippen LogP contribution is -2.47. The van der Waals surface area contributed by atoms with Crippen molar-refractivity contribution in [2.24, 2.45) is 0 Å². The van der Waals surface area contributed by atoms with E-state index >= 15 is 0 Å². The minimum absolute atomic E-state index is 0.0781. The molecule has 1 aromatic rings. The molecule has 2 fully saturated rings. The molecular weight excluding hydrogens is 290 g/mol. The Kier molecular flexibility index (Phi) is 5.13.